The number of ether oxygens (including phenoxy) is 2. The molecule has 0 amide bonds. The van der Waals surface area contributed by atoms with E-state index in [1.54, 1.807) is 0 Å². The SMILES string of the molecule is CCc1ccc(Oc2nc3ccc(C)cc3s2)cc1C1CC(C)(C)OC(C)(C)C1=O. The highest BCUT2D eigenvalue weighted by atomic mass is 32.1. The van der Waals surface area contributed by atoms with Gasteiger partial charge in [0.15, 0.2) is 5.78 Å². The van der Waals surface area contributed by atoms with Crippen molar-refractivity contribution in [3.63, 3.8) is 0 Å². The summed E-state index contributed by atoms with van der Waals surface area (Å²) < 4.78 is 13.3. The predicted octanol–water partition coefficient (Wildman–Crippen LogP) is 6.59. The van der Waals surface area contributed by atoms with E-state index in [4.69, 9.17) is 9.47 Å². The molecule has 0 N–H and O–H groups in total. The molecule has 0 saturated carbocycles. The van der Waals surface area contributed by atoms with Gasteiger partial charge in [0.05, 0.1) is 15.8 Å². The van der Waals surface area contributed by atoms with Crippen molar-refractivity contribution < 1.29 is 14.3 Å². The van der Waals surface area contributed by atoms with Crippen LogP contribution in [0.15, 0.2) is 36.4 Å². The first-order valence-corrected chi connectivity index (χ1v) is 11.3. The molecule has 0 spiro atoms. The number of aromatic nitrogens is 1. The molecule has 4 nitrogen and oxygen atoms in total. The molecule has 30 heavy (non-hydrogen) atoms. The molecule has 0 bridgehead atoms. The van der Waals surface area contributed by atoms with Gasteiger partial charge in [-0.1, -0.05) is 30.4 Å². The predicted molar refractivity (Wildman–Crippen MR) is 122 cm³/mol. The summed E-state index contributed by atoms with van der Waals surface area (Å²) in [7, 11) is 0. The molecule has 2 heterocycles. The van der Waals surface area contributed by atoms with Crippen LogP contribution in [0.1, 0.15) is 63.6 Å². The summed E-state index contributed by atoms with van der Waals surface area (Å²) in [5.41, 5.74) is 3.19. The Morgan fingerprint density at radius 1 is 1.17 bits per heavy atom. The average Bonchev–Trinajstić information content (AvgIpc) is 3.05. The van der Waals surface area contributed by atoms with Crippen molar-refractivity contribution in [1.29, 1.82) is 0 Å². The molecule has 158 valence electrons. The number of ketones is 1. The van der Waals surface area contributed by atoms with Gasteiger partial charge in [-0.15, -0.1) is 0 Å². The molecule has 2 aromatic carbocycles. The van der Waals surface area contributed by atoms with Crippen LogP contribution in [0.25, 0.3) is 10.2 Å². The van der Waals surface area contributed by atoms with Crippen molar-refractivity contribution in [1.82, 2.24) is 4.98 Å². The molecule has 1 fully saturated rings. The Balaban J connectivity index is 1.70. The van der Waals surface area contributed by atoms with Gasteiger partial charge in [0.25, 0.3) is 5.19 Å². The van der Waals surface area contributed by atoms with Crippen LogP contribution in [-0.2, 0) is 16.0 Å². The van der Waals surface area contributed by atoms with Crippen LogP contribution in [0.4, 0.5) is 0 Å². The first-order chi connectivity index (χ1) is 14.1. The maximum absolute atomic E-state index is 13.2. The van der Waals surface area contributed by atoms with Gasteiger partial charge >= 0.3 is 0 Å². The number of carbonyl (C=O) groups excluding carboxylic acids is 1. The largest absolute Gasteiger partial charge is 0.431 e. The Kier molecular flexibility index (Phi) is 5.23. The molecule has 1 aromatic heterocycles. The molecule has 1 aliphatic rings. The number of fused-ring (bicyclic) bond motifs is 1. The Labute approximate surface area is 182 Å². The third-order valence-electron chi connectivity index (χ3n) is 5.74. The van der Waals surface area contributed by atoms with Crippen molar-refractivity contribution in [3.05, 3.63) is 53.1 Å². The van der Waals surface area contributed by atoms with E-state index in [0.717, 1.165) is 22.2 Å². The molecule has 5 heteroatoms. The Morgan fingerprint density at radius 2 is 1.93 bits per heavy atom. The van der Waals surface area contributed by atoms with Gasteiger partial charge in [0.2, 0.25) is 0 Å². The Bertz CT molecular complexity index is 1110. The van der Waals surface area contributed by atoms with Gasteiger partial charge in [-0.2, -0.15) is 0 Å². The molecule has 1 saturated heterocycles. The highest BCUT2D eigenvalue weighted by Gasteiger charge is 2.47. The van der Waals surface area contributed by atoms with E-state index >= 15 is 0 Å². The number of benzene rings is 2. The highest BCUT2D eigenvalue weighted by Crippen LogP contribution is 2.43. The van der Waals surface area contributed by atoms with Crippen LogP contribution in [-0.4, -0.2) is 22.0 Å². The van der Waals surface area contributed by atoms with E-state index in [1.807, 2.05) is 32.0 Å². The maximum Gasteiger partial charge on any atom is 0.279 e. The number of aryl methyl sites for hydroxylation is 2. The summed E-state index contributed by atoms with van der Waals surface area (Å²) in [6.45, 7) is 12.1. The van der Waals surface area contributed by atoms with Gasteiger partial charge in [-0.3, -0.25) is 4.79 Å². The lowest BCUT2D eigenvalue weighted by atomic mass is 9.75. The first kappa shape index (κ1) is 21.0. The monoisotopic (exact) mass is 423 g/mol. The Hall–Kier alpha value is -2.24. The van der Waals surface area contributed by atoms with Crippen LogP contribution >= 0.6 is 11.3 Å². The second-order valence-corrected chi connectivity index (χ2v) is 10.3. The normalized spacial score (nSPS) is 20.5. The zero-order valence-electron chi connectivity index (χ0n) is 18.5. The van der Waals surface area contributed by atoms with Crippen molar-refractivity contribution in [2.24, 2.45) is 0 Å². The van der Waals surface area contributed by atoms with Crippen molar-refractivity contribution in [2.75, 3.05) is 0 Å². The number of thiazole rings is 1. The molecule has 4 rings (SSSR count). The lowest BCUT2D eigenvalue weighted by Gasteiger charge is -2.44. The maximum atomic E-state index is 13.2. The number of hydrogen-bond donors (Lipinski definition) is 0. The molecule has 1 atom stereocenters. The van der Waals surface area contributed by atoms with Gasteiger partial charge in [0.1, 0.15) is 11.4 Å². The van der Waals surface area contributed by atoms with Crippen LogP contribution in [0, 0.1) is 6.92 Å². The van der Waals surface area contributed by atoms with Crippen LogP contribution in [0.5, 0.6) is 10.9 Å². The molecule has 1 aliphatic heterocycles. The fourth-order valence-electron chi connectivity index (χ4n) is 4.48. The van der Waals surface area contributed by atoms with Gasteiger partial charge < -0.3 is 9.47 Å². The van der Waals surface area contributed by atoms with E-state index in [1.165, 1.54) is 22.5 Å². The smallest absolute Gasteiger partial charge is 0.279 e. The second kappa shape index (κ2) is 7.47. The third kappa shape index (κ3) is 4.01. The van der Waals surface area contributed by atoms with Crippen LogP contribution < -0.4 is 4.74 Å². The van der Waals surface area contributed by atoms with E-state index in [-0.39, 0.29) is 17.3 Å². The minimum absolute atomic E-state index is 0.129. The zero-order valence-corrected chi connectivity index (χ0v) is 19.4. The standard InChI is InChI=1S/C25H29NO3S/c1-7-16-9-10-17(28-23-26-20-11-8-15(2)12-21(20)30-23)13-18(16)19-14-24(3,4)29-25(5,6)22(19)27/h8-13,19H,7,14H2,1-6H3. The van der Waals surface area contributed by atoms with E-state index in [0.29, 0.717) is 17.4 Å². The van der Waals surface area contributed by atoms with E-state index in [9.17, 15) is 4.79 Å². The third-order valence-corrected chi connectivity index (χ3v) is 6.64. The first-order valence-electron chi connectivity index (χ1n) is 10.5. The van der Waals surface area contributed by atoms with Gasteiger partial charge in [-0.05, 0) is 88.4 Å². The fraction of sp³-hybridized carbons (Fsp3) is 0.440. The number of carbonyl (C=O) groups is 1. The van der Waals surface area contributed by atoms with Crippen LogP contribution in [0.3, 0.4) is 0 Å². The summed E-state index contributed by atoms with van der Waals surface area (Å²) in [5, 5.41) is 0.616. The topological polar surface area (TPSA) is 48.4 Å². The number of rotatable bonds is 4. The van der Waals surface area contributed by atoms with Crippen molar-refractivity contribution in [2.45, 2.75) is 71.5 Å². The van der Waals surface area contributed by atoms with E-state index in [2.05, 4.69) is 50.9 Å². The second-order valence-electron chi connectivity index (χ2n) is 9.26. The van der Waals surface area contributed by atoms with Crippen molar-refractivity contribution in [3.8, 4) is 10.9 Å². The quantitative estimate of drug-likeness (QED) is 0.475. The van der Waals surface area contributed by atoms with E-state index < -0.39 is 5.60 Å². The number of Topliss-reactive ketones (excluding diaryl/α,β-unsaturated/α-hetero) is 1. The molecule has 1 unspecified atom stereocenters. The summed E-state index contributed by atoms with van der Waals surface area (Å²) in [6.07, 6.45) is 1.52. The Morgan fingerprint density at radius 3 is 2.67 bits per heavy atom. The average molecular weight is 424 g/mol. The number of nitrogens with zero attached hydrogens (tertiary/aromatic N) is 1. The summed E-state index contributed by atoms with van der Waals surface area (Å²) >= 11 is 1.54. The highest BCUT2D eigenvalue weighted by molar-refractivity contribution is 7.20. The lowest BCUT2D eigenvalue weighted by molar-refractivity contribution is -0.179. The minimum atomic E-state index is -0.806. The zero-order chi connectivity index (χ0) is 21.7. The van der Waals surface area contributed by atoms with Crippen molar-refractivity contribution >= 4 is 27.3 Å². The van der Waals surface area contributed by atoms with Crippen LogP contribution in [0.2, 0.25) is 0 Å². The molecule has 0 aliphatic carbocycles. The van der Waals surface area contributed by atoms with Gasteiger partial charge in [-0.25, -0.2) is 4.98 Å². The lowest BCUT2D eigenvalue weighted by Crippen LogP contribution is -2.51. The molecular formula is C25H29NO3S. The summed E-state index contributed by atoms with van der Waals surface area (Å²) in [4.78, 5) is 17.9. The fourth-order valence-corrected chi connectivity index (χ4v) is 5.41. The minimum Gasteiger partial charge on any atom is -0.431 e. The summed E-state index contributed by atoms with van der Waals surface area (Å²) in [6, 6.07) is 12.3. The van der Waals surface area contributed by atoms with Gasteiger partial charge in [0, 0.05) is 5.92 Å². The summed E-state index contributed by atoms with van der Waals surface area (Å²) in [5.74, 6) is 0.636. The molecular weight excluding hydrogens is 394 g/mol. The molecule has 0 radical (unpaired) electrons. The number of hydrogen-bond acceptors (Lipinski definition) is 5. The molecule has 3 aromatic rings.